The number of rotatable bonds is 4. The van der Waals surface area contributed by atoms with E-state index in [0.29, 0.717) is 11.7 Å². The number of hydrogen-bond acceptors (Lipinski definition) is 1. The molecule has 20 heavy (non-hydrogen) atoms. The van der Waals surface area contributed by atoms with Crippen molar-refractivity contribution in [1.29, 1.82) is 0 Å². The van der Waals surface area contributed by atoms with Gasteiger partial charge >= 0.3 is 0 Å². The van der Waals surface area contributed by atoms with Gasteiger partial charge in [0.1, 0.15) is 5.78 Å². The maximum Gasteiger partial charge on any atom is 0.141 e. The molecule has 0 unspecified atom stereocenters. The van der Waals surface area contributed by atoms with Gasteiger partial charge in [-0.15, -0.1) is 0 Å². The van der Waals surface area contributed by atoms with Crippen LogP contribution in [0.15, 0.2) is 22.3 Å². The zero-order chi connectivity index (χ0) is 15.1. The van der Waals surface area contributed by atoms with Gasteiger partial charge in [-0.05, 0) is 48.2 Å². The fraction of sp³-hybridized carbons (Fsp3) is 0.737. The molecule has 1 nitrogen and oxygen atoms in total. The van der Waals surface area contributed by atoms with E-state index in [-0.39, 0.29) is 11.3 Å². The van der Waals surface area contributed by atoms with E-state index in [1.54, 1.807) is 11.1 Å². The van der Waals surface area contributed by atoms with E-state index < -0.39 is 0 Å². The average Bonchev–Trinajstić information content (AvgIpc) is 2.66. The van der Waals surface area contributed by atoms with Gasteiger partial charge in [0.25, 0.3) is 0 Å². The highest BCUT2D eigenvalue weighted by molar-refractivity contribution is 5.89. The van der Waals surface area contributed by atoms with Crippen LogP contribution in [0, 0.1) is 17.3 Å². The summed E-state index contributed by atoms with van der Waals surface area (Å²) in [6.45, 7) is 13.6. The predicted octanol–water partition coefficient (Wildman–Crippen LogP) is 5.46. The normalized spacial score (nSPS) is 29.2. The largest absolute Gasteiger partial charge is 0.299 e. The lowest BCUT2D eigenvalue weighted by Crippen LogP contribution is -2.31. The molecule has 0 aromatic carbocycles. The Morgan fingerprint density at radius 2 is 1.40 bits per heavy atom. The summed E-state index contributed by atoms with van der Waals surface area (Å²) in [5.41, 5.74) is 6.27. The average molecular weight is 274 g/mol. The summed E-state index contributed by atoms with van der Waals surface area (Å²) in [6, 6.07) is 0. The molecule has 0 aromatic rings. The lowest BCUT2D eigenvalue weighted by atomic mass is 9.64. The Labute approximate surface area is 124 Å². The smallest absolute Gasteiger partial charge is 0.141 e. The second-order valence-corrected chi connectivity index (χ2v) is 7.01. The van der Waals surface area contributed by atoms with Crippen molar-refractivity contribution < 1.29 is 4.79 Å². The molecule has 2 rings (SSSR count). The van der Waals surface area contributed by atoms with E-state index in [1.807, 2.05) is 0 Å². The number of allylic oxidation sites excluding steroid dienone is 4. The van der Waals surface area contributed by atoms with Crippen LogP contribution in [-0.2, 0) is 4.79 Å². The molecular formula is C19H30O. The molecule has 0 bridgehead atoms. The summed E-state index contributed by atoms with van der Waals surface area (Å²) in [6.07, 6.45) is 5.08. The van der Waals surface area contributed by atoms with Crippen LogP contribution in [0.2, 0.25) is 0 Å². The van der Waals surface area contributed by atoms with Gasteiger partial charge in [-0.1, -0.05) is 52.7 Å². The van der Waals surface area contributed by atoms with Crippen LogP contribution >= 0.6 is 0 Å². The molecule has 1 heteroatoms. The molecule has 0 spiro atoms. The zero-order valence-electron chi connectivity index (χ0n) is 14.1. The molecule has 0 heterocycles. The third-order valence-electron chi connectivity index (χ3n) is 5.51. The molecule has 2 aliphatic carbocycles. The van der Waals surface area contributed by atoms with Gasteiger partial charge in [0, 0.05) is 12.3 Å². The summed E-state index contributed by atoms with van der Waals surface area (Å²) in [7, 11) is 0. The van der Waals surface area contributed by atoms with E-state index in [4.69, 9.17) is 0 Å². The molecule has 0 amide bonds. The minimum Gasteiger partial charge on any atom is -0.299 e. The molecule has 1 saturated carbocycles. The molecule has 112 valence electrons. The number of ketones is 1. The molecule has 0 N–H and O–H groups in total. The zero-order valence-corrected chi connectivity index (χ0v) is 14.1. The summed E-state index contributed by atoms with van der Waals surface area (Å²) in [5, 5.41) is 0. The van der Waals surface area contributed by atoms with Crippen molar-refractivity contribution in [3.63, 3.8) is 0 Å². The van der Waals surface area contributed by atoms with Crippen LogP contribution in [0.4, 0.5) is 0 Å². The first-order chi connectivity index (χ1) is 9.42. The number of fused-ring (bicyclic) bond motifs is 1. The fourth-order valence-electron chi connectivity index (χ4n) is 4.88. The summed E-state index contributed by atoms with van der Waals surface area (Å²) in [5.74, 6) is 1.14. The first-order valence-corrected chi connectivity index (χ1v) is 8.39. The van der Waals surface area contributed by atoms with Gasteiger partial charge in [0.2, 0.25) is 0 Å². The van der Waals surface area contributed by atoms with Crippen molar-refractivity contribution >= 4 is 5.78 Å². The Morgan fingerprint density at radius 1 is 0.900 bits per heavy atom. The second-order valence-electron chi connectivity index (χ2n) is 7.01. The summed E-state index contributed by atoms with van der Waals surface area (Å²) >= 11 is 0. The van der Waals surface area contributed by atoms with E-state index in [1.165, 1.54) is 11.1 Å². The molecule has 0 radical (unpaired) electrons. The molecule has 2 aliphatic rings. The molecule has 0 saturated heterocycles. The van der Waals surface area contributed by atoms with Crippen molar-refractivity contribution in [1.82, 2.24) is 0 Å². The maximum atomic E-state index is 12.7. The van der Waals surface area contributed by atoms with Crippen LogP contribution in [0.25, 0.3) is 0 Å². The molecule has 0 aromatic heterocycles. The third-order valence-corrected chi connectivity index (χ3v) is 5.51. The predicted molar refractivity (Wildman–Crippen MR) is 85.6 cm³/mol. The van der Waals surface area contributed by atoms with Crippen molar-refractivity contribution in [2.24, 2.45) is 17.3 Å². The Hall–Kier alpha value is -0.850. The maximum absolute atomic E-state index is 12.7. The Morgan fingerprint density at radius 3 is 1.85 bits per heavy atom. The fourth-order valence-corrected chi connectivity index (χ4v) is 4.88. The highest BCUT2D eigenvalue weighted by atomic mass is 16.1. The van der Waals surface area contributed by atoms with Crippen LogP contribution in [0.1, 0.15) is 73.6 Å². The lowest BCUT2D eigenvalue weighted by molar-refractivity contribution is -0.120. The highest BCUT2D eigenvalue weighted by Gasteiger charge is 2.52. The number of Topliss-reactive ketones (excluding diaryl/α,β-unsaturated/α-hetero) is 1. The van der Waals surface area contributed by atoms with Crippen LogP contribution < -0.4 is 0 Å². The molecule has 2 atom stereocenters. The van der Waals surface area contributed by atoms with Crippen molar-refractivity contribution in [2.45, 2.75) is 73.6 Å². The lowest BCUT2D eigenvalue weighted by Gasteiger charge is -2.39. The third kappa shape index (κ3) is 2.10. The van der Waals surface area contributed by atoms with Gasteiger partial charge in [0.05, 0.1) is 0 Å². The van der Waals surface area contributed by atoms with Crippen LogP contribution in [0.5, 0.6) is 0 Å². The van der Waals surface area contributed by atoms with E-state index in [9.17, 15) is 4.79 Å². The monoisotopic (exact) mass is 274 g/mol. The van der Waals surface area contributed by atoms with Crippen molar-refractivity contribution in [3.8, 4) is 0 Å². The second kappa shape index (κ2) is 5.50. The quantitative estimate of drug-likeness (QED) is 0.665. The van der Waals surface area contributed by atoms with Gasteiger partial charge in [0.15, 0.2) is 0 Å². The van der Waals surface area contributed by atoms with Gasteiger partial charge in [-0.3, -0.25) is 4.79 Å². The minimum absolute atomic E-state index is 0.132. The number of carbonyl (C=O) groups excluding carboxylic acids is 1. The van der Waals surface area contributed by atoms with E-state index >= 15 is 0 Å². The first kappa shape index (κ1) is 15.5. The topological polar surface area (TPSA) is 17.1 Å². The molecule has 1 fully saturated rings. The van der Waals surface area contributed by atoms with Crippen LogP contribution in [0.3, 0.4) is 0 Å². The SMILES string of the molecule is CCC1=C(CC)[C@H]2C(=O)CC(C)(C)[C@H]2C(CC)=C1CC. The molecular weight excluding hydrogens is 244 g/mol. The van der Waals surface area contributed by atoms with E-state index in [0.717, 1.165) is 32.1 Å². The van der Waals surface area contributed by atoms with E-state index in [2.05, 4.69) is 41.5 Å². The van der Waals surface area contributed by atoms with Gasteiger partial charge < -0.3 is 0 Å². The Kier molecular flexibility index (Phi) is 4.27. The Balaban J connectivity index is 2.69. The highest BCUT2D eigenvalue weighted by Crippen LogP contribution is 2.56. The van der Waals surface area contributed by atoms with Crippen molar-refractivity contribution in [2.75, 3.05) is 0 Å². The molecule has 0 aliphatic heterocycles. The van der Waals surface area contributed by atoms with Crippen LogP contribution in [-0.4, -0.2) is 5.78 Å². The number of hydrogen-bond donors (Lipinski definition) is 0. The summed E-state index contributed by atoms with van der Waals surface area (Å²) in [4.78, 5) is 12.7. The number of carbonyl (C=O) groups is 1. The van der Waals surface area contributed by atoms with Gasteiger partial charge in [-0.2, -0.15) is 0 Å². The standard InChI is InChI=1S/C19H30O/c1-7-12-13(8-2)15(10-4)18-17(14(12)9-3)16(20)11-19(18,5)6/h17-18H,7-11H2,1-6H3/t17-,18-/m0/s1. The van der Waals surface area contributed by atoms with Crippen molar-refractivity contribution in [3.05, 3.63) is 22.3 Å². The van der Waals surface area contributed by atoms with Gasteiger partial charge in [-0.25, -0.2) is 0 Å². The first-order valence-electron chi connectivity index (χ1n) is 8.39. The Bertz CT molecular complexity index is 476. The minimum atomic E-state index is 0.132. The summed E-state index contributed by atoms with van der Waals surface area (Å²) < 4.78 is 0.